The molecular weight excluding hydrogens is 316 g/mol. The Kier molecular flexibility index (Phi) is 6.08. The molecule has 25 heavy (non-hydrogen) atoms. The number of hydrogen-bond acceptors (Lipinski definition) is 3. The van der Waals surface area contributed by atoms with Gasteiger partial charge in [-0.1, -0.05) is 17.7 Å². The first-order chi connectivity index (χ1) is 12.1. The summed E-state index contributed by atoms with van der Waals surface area (Å²) in [6, 6.07) is 7.84. The molecule has 5 nitrogen and oxygen atoms in total. The molecule has 0 radical (unpaired) electrons. The van der Waals surface area contributed by atoms with Crippen LogP contribution in [0.2, 0.25) is 0 Å². The van der Waals surface area contributed by atoms with Crippen LogP contribution in [-0.4, -0.2) is 31.1 Å². The van der Waals surface area contributed by atoms with Gasteiger partial charge in [0.2, 0.25) is 11.8 Å². The van der Waals surface area contributed by atoms with Gasteiger partial charge in [-0.15, -0.1) is 0 Å². The molecule has 0 bridgehead atoms. The summed E-state index contributed by atoms with van der Waals surface area (Å²) in [7, 11) is 0. The zero-order valence-electron chi connectivity index (χ0n) is 14.9. The summed E-state index contributed by atoms with van der Waals surface area (Å²) in [5.41, 5.74) is 2.01. The minimum atomic E-state index is 0.00326. The van der Waals surface area contributed by atoms with Crippen LogP contribution in [0.1, 0.15) is 44.1 Å². The summed E-state index contributed by atoms with van der Waals surface area (Å²) >= 11 is 0. The largest absolute Gasteiger partial charge is 0.376 e. The number of hydrogen-bond donors (Lipinski definition) is 2. The molecule has 2 amide bonds. The van der Waals surface area contributed by atoms with Crippen molar-refractivity contribution >= 4 is 17.5 Å². The summed E-state index contributed by atoms with van der Waals surface area (Å²) in [5.74, 6) is 0.225. The fraction of sp³-hybridized carbons (Fsp3) is 0.600. The van der Waals surface area contributed by atoms with E-state index in [1.54, 1.807) is 0 Å². The molecule has 1 unspecified atom stereocenters. The van der Waals surface area contributed by atoms with Crippen molar-refractivity contribution in [2.24, 2.45) is 11.8 Å². The summed E-state index contributed by atoms with van der Waals surface area (Å²) in [6.07, 6.45) is 5.41. The molecule has 1 aromatic carbocycles. The highest BCUT2D eigenvalue weighted by atomic mass is 16.5. The molecular formula is C20H28N2O3. The second kappa shape index (κ2) is 8.48. The maximum atomic E-state index is 12.4. The molecule has 1 saturated carbocycles. The van der Waals surface area contributed by atoms with E-state index in [-0.39, 0.29) is 29.8 Å². The minimum Gasteiger partial charge on any atom is -0.376 e. The molecule has 5 heteroatoms. The Morgan fingerprint density at radius 2 is 1.64 bits per heavy atom. The van der Waals surface area contributed by atoms with Crippen molar-refractivity contribution in [1.29, 1.82) is 0 Å². The average molecular weight is 344 g/mol. The van der Waals surface area contributed by atoms with E-state index in [4.69, 9.17) is 4.74 Å². The van der Waals surface area contributed by atoms with Crippen molar-refractivity contribution in [2.45, 2.75) is 51.6 Å². The zero-order chi connectivity index (χ0) is 17.6. The van der Waals surface area contributed by atoms with Crippen molar-refractivity contribution in [3.63, 3.8) is 0 Å². The molecule has 1 aliphatic heterocycles. The normalized spacial score (nSPS) is 26.2. The lowest BCUT2D eigenvalue weighted by Gasteiger charge is -2.27. The molecule has 3 rings (SSSR count). The van der Waals surface area contributed by atoms with Crippen LogP contribution in [0.25, 0.3) is 0 Å². The first kappa shape index (κ1) is 17.9. The Morgan fingerprint density at radius 1 is 1.00 bits per heavy atom. The molecule has 136 valence electrons. The molecule has 1 aromatic rings. The Labute approximate surface area is 149 Å². The van der Waals surface area contributed by atoms with Crippen molar-refractivity contribution in [2.75, 3.05) is 18.5 Å². The van der Waals surface area contributed by atoms with E-state index in [0.29, 0.717) is 6.54 Å². The number of nitrogens with one attached hydrogen (secondary N) is 2. The van der Waals surface area contributed by atoms with Crippen molar-refractivity contribution in [3.05, 3.63) is 29.8 Å². The van der Waals surface area contributed by atoms with E-state index in [2.05, 4.69) is 10.6 Å². The van der Waals surface area contributed by atoms with Crippen LogP contribution in [-0.2, 0) is 14.3 Å². The Balaban J connectivity index is 1.40. The monoisotopic (exact) mass is 344 g/mol. The number of aryl methyl sites for hydroxylation is 1. The number of ether oxygens (including phenoxy) is 1. The second-order valence-corrected chi connectivity index (χ2v) is 7.28. The van der Waals surface area contributed by atoms with Gasteiger partial charge in [-0.25, -0.2) is 0 Å². The molecule has 1 heterocycles. The van der Waals surface area contributed by atoms with E-state index < -0.39 is 0 Å². The smallest absolute Gasteiger partial charge is 0.227 e. The van der Waals surface area contributed by atoms with E-state index in [0.717, 1.165) is 50.8 Å². The highest BCUT2D eigenvalue weighted by molar-refractivity contribution is 5.92. The summed E-state index contributed by atoms with van der Waals surface area (Å²) in [4.78, 5) is 24.7. The minimum absolute atomic E-state index is 0.00326. The Morgan fingerprint density at radius 3 is 2.24 bits per heavy atom. The topological polar surface area (TPSA) is 67.4 Å². The van der Waals surface area contributed by atoms with Gasteiger partial charge < -0.3 is 15.4 Å². The van der Waals surface area contributed by atoms with E-state index in [1.807, 2.05) is 31.2 Å². The van der Waals surface area contributed by atoms with E-state index >= 15 is 0 Å². The van der Waals surface area contributed by atoms with E-state index in [9.17, 15) is 9.59 Å². The average Bonchev–Trinajstić information content (AvgIpc) is 3.15. The Bertz CT molecular complexity index is 585. The lowest BCUT2D eigenvalue weighted by molar-refractivity contribution is -0.128. The third-order valence-corrected chi connectivity index (χ3v) is 5.32. The van der Waals surface area contributed by atoms with Crippen LogP contribution in [0.4, 0.5) is 5.69 Å². The van der Waals surface area contributed by atoms with Gasteiger partial charge in [-0.3, -0.25) is 9.59 Å². The number of carbonyl (C=O) groups excluding carboxylic acids is 2. The van der Waals surface area contributed by atoms with Crippen LogP contribution in [0, 0.1) is 18.8 Å². The molecule has 1 saturated heterocycles. The van der Waals surface area contributed by atoms with Gasteiger partial charge in [-0.2, -0.15) is 0 Å². The fourth-order valence-electron chi connectivity index (χ4n) is 3.66. The first-order valence-corrected chi connectivity index (χ1v) is 9.38. The van der Waals surface area contributed by atoms with Crippen molar-refractivity contribution in [1.82, 2.24) is 5.32 Å². The quantitative estimate of drug-likeness (QED) is 0.863. The first-order valence-electron chi connectivity index (χ1n) is 9.38. The molecule has 2 fully saturated rings. The second-order valence-electron chi connectivity index (χ2n) is 7.28. The molecule has 0 aromatic heterocycles. The van der Waals surface area contributed by atoms with Gasteiger partial charge in [0.15, 0.2) is 0 Å². The summed E-state index contributed by atoms with van der Waals surface area (Å²) in [6.45, 7) is 3.45. The number of carbonyl (C=O) groups is 2. The lowest BCUT2D eigenvalue weighted by atomic mass is 9.81. The fourth-order valence-corrected chi connectivity index (χ4v) is 3.66. The van der Waals surface area contributed by atoms with Crippen LogP contribution in [0.3, 0.4) is 0 Å². The predicted octanol–water partition coefficient (Wildman–Crippen LogP) is 3.04. The molecule has 0 spiro atoms. The van der Waals surface area contributed by atoms with Gasteiger partial charge in [0.1, 0.15) is 0 Å². The summed E-state index contributed by atoms with van der Waals surface area (Å²) < 4.78 is 5.54. The van der Waals surface area contributed by atoms with Crippen molar-refractivity contribution in [3.8, 4) is 0 Å². The van der Waals surface area contributed by atoms with Gasteiger partial charge in [-0.05, 0) is 57.6 Å². The highest BCUT2D eigenvalue weighted by Crippen LogP contribution is 2.30. The molecule has 1 aliphatic carbocycles. The van der Waals surface area contributed by atoms with E-state index in [1.165, 1.54) is 5.56 Å². The van der Waals surface area contributed by atoms with Crippen LogP contribution in [0.15, 0.2) is 24.3 Å². The zero-order valence-corrected chi connectivity index (χ0v) is 14.9. The van der Waals surface area contributed by atoms with Crippen LogP contribution < -0.4 is 10.6 Å². The maximum absolute atomic E-state index is 12.4. The molecule has 2 aliphatic rings. The molecule has 1 atom stereocenters. The number of anilines is 1. The van der Waals surface area contributed by atoms with Gasteiger partial charge >= 0.3 is 0 Å². The van der Waals surface area contributed by atoms with Gasteiger partial charge in [0, 0.05) is 30.7 Å². The maximum Gasteiger partial charge on any atom is 0.227 e. The van der Waals surface area contributed by atoms with Gasteiger partial charge in [0.25, 0.3) is 0 Å². The SMILES string of the molecule is Cc1ccc(NC(=O)C2CCC(C(=O)NCC3CCCO3)CC2)cc1. The van der Waals surface area contributed by atoms with Crippen LogP contribution in [0.5, 0.6) is 0 Å². The van der Waals surface area contributed by atoms with Gasteiger partial charge in [0.05, 0.1) is 6.10 Å². The lowest BCUT2D eigenvalue weighted by Crippen LogP contribution is -2.38. The highest BCUT2D eigenvalue weighted by Gasteiger charge is 2.30. The Hall–Kier alpha value is -1.88. The van der Waals surface area contributed by atoms with Crippen molar-refractivity contribution < 1.29 is 14.3 Å². The third kappa shape index (κ3) is 5.05. The predicted molar refractivity (Wildman–Crippen MR) is 97.2 cm³/mol. The number of benzene rings is 1. The standard InChI is InChI=1S/C20H28N2O3/c1-14-4-10-17(11-5-14)22-20(24)16-8-6-15(7-9-16)19(23)21-13-18-3-2-12-25-18/h4-5,10-11,15-16,18H,2-3,6-9,12-13H2,1H3,(H,21,23)(H,22,24). The molecule has 2 N–H and O–H groups in total. The number of amides is 2. The number of rotatable bonds is 5. The summed E-state index contributed by atoms with van der Waals surface area (Å²) in [5, 5.41) is 6.01. The van der Waals surface area contributed by atoms with Crippen LogP contribution >= 0.6 is 0 Å². The third-order valence-electron chi connectivity index (χ3n) is 5.32.